The molecule has 4 aromatic rings. The van der Waals surface area contributed by atoms with Gasteiger partial charge in [-0.25, -0.2) is 10.4 Å². The summed E-state index contributed by atoms with van der Waals surface area (Å²) in [4.78, 5) is 21.5. The van der Waals surface area contributed by atoms with E-state index in [9.17, 15) is 4.79 Å². The molecule has 5 rings (SSSR count). The third-order valence-electron chi connectivity index (χ3n) is 5.72. The predicted octanol–water partition coefficient (Wildman–Crippen LogP) is 4.61. The lowest BCUT2D eigenvalue weighted by molar-refractivity contribution is -0.120. The van der Waals surface area contributed by atoms with Gasteiger partial charge in [0, 0.05) is 23.6 Å². The van der Waals surface area contributed by atoms with Crippen LogP contribution in [0.2, 0.25) is 0 Å². The highest BCUT2D eigenvalue weighted by Gasteiger charge is 2.26. The second kappa shape index (κ2) is 8.96. The summed E-state index contributed by atoms with van der Waals surface area (Å²) in [5.41, 5.74) is 6.83. The first-order chi connectivity index (χ1) is 15.3. The van der Waals surface area contributed by atoms with Crippen LogP contribution in [0.4, 0.5) is 5.69 Å². The van der Waals surface area contributed by atoms with Gasteiger partial charge < -0.3 is 9.99 Å². The molecule has 0 aliphatic carbocycles. The van der Waals surface area contributed by atoms with Crippen LogP contribution in [0.5, 0.6) is 0 Å². The fourth-order valence-electron chi connectivity index (χ4n) is 4.03. The first-order valence-corrected chi connectivity index (χ1v) is 11.5. The molecule has 1 aromatic heterocycles. The van der Waals surface area contributed by atoms with E-state index in [1.165, 1.54) is 16.3 Å². The molecule has 0 spiro atoms. The van der Waals surface area contributed by atoms with Crippen LogP contribution >= 0.6 is 11.8 Å². The smallest absolute Gasteiger partial charge is 0.147 e. The first-order valence-electron chi connectivity index (χ1n) is 10.5. The average molecular weight is 429 g/mol. The molecule has 0 bridgehead atoms. The number of para-hydroxylation sites is 1. The van der Waals surface area contributed by atoms with Crippen molar-refractivity contribution in [2.45, 2.75) is 17.9 Å². The molecular formula is C25H24N4OS. The Balaban J connectivity index is 1.28. The number of Topliss-reactive ketones (excluding diaryl/α,β-unsaturated/α-hetero) is 1. The topological polar surface area (TPSA) is 61.0 Å². The van der Waals surface area contributed by atoms with E-state index in [-0.39, 0.29) is 11.7 Å². The number of fused-ring (bicyclic) bond motifs is 2. The van der Waals surface area contributed by atoms with Gasteiger partial charge in [-0.1, -0.05) is 48.5 Å². The normalized spacial score (nSPS) is 16.1. The minimum Gasteiger partial charge on any atom is -0.347 e. The SMILES string of the molecule is O=C(CSc1ccc2ccccc2c1)C1CNN(Cc2cnc[nH]2)c2ccccc2C1. The number of carbonyl (C=O) groups is 1. The van der Waals surface area contributed by atoms with E-state index in [1.807, 2.05) is 30.5 Å². The maximum absolute atomic E-state index is 13.1. The van der Waals surface area contributed by atoms with Crippen molar-refractivity contribution in [2.24, 2.45) is 5.92 Å². The Morgan fingerprint density at radius 3 is 2.77 bits per heavy atom. The Morgan fingerprint density at radius 2 is 1.90 bits per heavy atom. The summed E-state index contributed by atoms with van der Waals surface area (Å²) < 4.78 is 0. The Bertz CT molecular complexity index is 1190. The van der Waals surface area contributed by atoms with Crippen LogP contribution in [0.3, 0.4) is 0 Å². The van der Waals surface area contributed by atoms with E-state index in [0.29, 0.717) is 18.8 Å². The van der Waals surface area contributed by atoms with E-state index in [4.69, 9.17) is 0 Å². The van der Waals surface area contributed by atoms with Gasteiger partial charge >= 0.3 is 0 Å². The number of H-pyrrole nitrogens is 1. The number of ketones is 1. The van der Waals surface area contributed by atoms with Crippen molar-refractivity contribution in [3.05, 3.63) is 90.5 Å². The predicted molar refractivity (Wildman–Crippen MR) is 126 cm³/mol. The van der Waals surface area contributed by atoms with Crippen LogP contribution in [-0.2, 0) is 17.8 Å². The number of thioether (sulfide) groups is 1. The van der Waals surface area contributed by atoms with Gasteiger partial charge in [-0.05, 0) is 41.0 Å². The van der Waals surface area contributed by atoms with Crippen molar-refractivity contribution in [1.29, 1.82) is 0 Å². The number of hydrazine groups is 1. The number of benzene rings is 3. The molecule has 5 nitrogen and oxygen atoms in total. The third-order valence-corrected chi connectivity index (χ3v) is 6.73. The number of aromatic nitrogens is 2. The van der Waals surface area contributed by atoms with Crippen molar-refractivity contribution >= 4 is 34.0 Å². The summed E-state index contributed by atoms with van der Waals surface area (Å²) >= 11 is 1.63. The van der Waals surface area contributed by atoms with Gasteiger partial charge in [0.1, 0.15) is 5.78 Å². The molecular weight excluding hydrogens is 404 g/mol. The highest BCUT2D eigenvalue weighted by Crippen LogP contribution is 2.29. The maximum atomic E-state index is 13.1. The Morgan fingerprint density at radius 1 is 1.06 bits per heavy atom. The summed E-state index contributed by atoms with van der Waals surface area (Å²) in [5, 5.41) is 4.55. The molecule has 1 aliphatic heterocycles. The lowest BCUT2D eigenvalue weighted by atomic mass is 9.95. The summed E-state index contributed by atoms with van der Waals surface area (Å²) in [5.74, 6) is 0.706. The Hall–Kier alpha value is -3.09. The van der Waals surface area contributed by atoms with Crippen LogP contribution in [-0.4, -0.2) is 28.0 Å². The second-order valence-electron chi connectivity index (χ2n) is 7.82. The monoisotopic (exact) mass is 428 g/mol. The standard InChI is InChI=1S/C25H24N4OS/c30-25(16-31-23-10-9-18-5-1-2-6-19(18)12-23)21-11-20-7-3-4-8-24(20)29(28-13-21)15-22-14-26-17-27-22/h1-10,12,14,17,21,28H,11,13,15-16H2,(H,26,27). The number of hydrogen-bond acceptors (Lipinski definition) is 5. The Kier molecular flexibility index (Phi) is 5.74. The number of nitrogens with zero attached hydrogens (tertiary/aromatic N) is 2. The summed E-state index contributed by atoms with van der Waals surface area (Å²) in [6, 6.07) is 23.0. The minimum atomic E-state index is -0.0547. The van der Waals surface area contributed by atoms with Crippen LogP contribution < -0.4 is 10.4 Å². The molecule has 3 aromatic carbocycles. The molecule has 1 atom stereocenters. The molecule has 0 amide bonds. The van der Waals surface area contributed by atoms with E-state index in [2.05, 4.69) is 62.9 Å². The number of rotatable bonds is 6. The molecule has 0 fully saturated rings. The van der Waals surface area contributed by atoms with Crippen molar-refractivity contribution in [3.63, 3.8) is 0 Å². The molecule has 0 radical (unpaired) electrons. The zero-order valence-electron chi connectivity index (χ0n) is 17.1. The molecule has 6 heteroatoms. The van der Waals surface area contributed by atoms with Gasteiger partial charge in [0.2, 0.25) is 0 Å². The number of hydrogen-bond donors (Lipinski definition) is 2. The van der Waals surface area contributed by atoms with Crippen molar-refractivity contribution in [2.75, 3.05) is 17.3 Å². The van der Waals surface area contributed by atoms with Crippen LogP contribution in [0.1, 0.15) is 11.3 Å². The van der Waals surface area contributed by atoms with Gasteiger partial charge in [-0.15, -0.1) is 11.8 Å². The molecule has 2 heterocycles. The van der Waals surface area contributed by atoms with E-state index >= 15 is 0 Å². The highest BCUT2D eigenvalue weighted by molar-refractivity contribution is 8.00. The fraction of sp³-hybridized carbons (Fsp3) is 0.200. The molecule has 2 N–H and O–H groups in total. The third kappa shape index (κ3) is 4.50. The van der Waals surface area contributed by atoms with E-state index < -0.39 is 0 Å². The highest BCUT2D eigenvalue weighted by atomic mass is 32.2. The number of nitrogens with one attached hydrogen (secondary N) is 2. The van der Waals surface area contributed by atoms with Gasteiger partial charge in [0.25, 0.3) is 0 Å². The van der Waals surface area contributed by atoms with Crippen LogP contribution in [0, 0.1) is 5.92 Å². The van der Waals surface area contributed by atoms with E-state index in [0.717, 1.165) is 22.7 Å². The van der Waals surface area contributed by atoms with Gasteiger partial charge in [-0.3, -0.25) is 4.79 Å². The van der Waals surface area contributed by atoms with Crippen molar-refractivity contribution in [3.8, 4) is 0 Å². The number of anilines is 1. The quantitative estimate of drug-likeness (QED) is 0.439. The zero-order valence-corrected chi connectivity index (χ0v) is 17.9. The summed E-state index contributed by atoms with van der Waals surface area (Å²) in [6.45, 7) is 1.30. The molecule has 0 saturated heterocycles. The molecule has 0 saturated carbocycles. The maximum Gasteiger partial charge on any atom is 0.147 e. The van der Waals surface area contributed by atoms with Crippen molar-refractivity contribution in [1.82, 2.24) is 15.4 Å². The number of carbonyl (C=O) groups excluding carboxylic acids is 1. The summed E-state index contributed by atoms with van der Waals surface area (Å²) in [7, 11) is 0. The van der Waals surface area contributed by atoms with Crippen molar-refractivity contribution < 1.29 is 4.79 Å². The summed E-state index contributed by atoms with van der Waals surface area (Å²) in [6.07, 6.45) is 4.27. The molecule has 1 unspecified atom stereocenters. The minimum absolute atomic E-state index is 0.0547. The molecule has 31 heavy (non-hydrogen) atoms. The van der Waals surface area contributed by atoms with Gasteiger partial charge in [0.05, 0.1) is 30.0 Å². The fourth-order valence-corrected chi connectivity index (χ4v) is 4.95. The largest absolute Gasteiger partial charge is 0.347 e. The Labute approximate surface area is 185 Å². The average Bonchev–Trinajstić information content (AvgIpc) is 3.25. The molecule has 1 aliphatic rings. The lowest BCUT2D eigenvalue weighted by Gasteiger charge is -2.25. The van der Waals surface area contributed by atoms with E-state index in [1.54, 1.807) is 18.1 Å². The van der Waals surface area contributed by atoms with Crippen LogP contribution in [0.15, 0.2) is 84.1 Å². The second-order valence-corrected chi connectivity index (χ2v) is 8.87. The molecule has 156 valence electrons. The van der Waals surface area contributed by atoms with Gasteiger partial charge in [-0.2, -0.15) is 0 Å². The number of imidazole rings is 1. The zero-order chi connectivity index (χ0) is 21.0. The lowest BCUT2D eigenvalue weighted by Crippen LogP contribution is -2.40. The van der Waals surface area contributed by atoms with Crippen LogP contribution in [0.25, 0.3) is 10.8 Å². The first kappa shape index (κ1) is 19.8. The van der Waals surface area contributed by atoms with Gasteiger partial charge in [0.15, 0.2) is 0 Å². The number of aromatic amines is 1.